The average molecular weight is 421 g/mol. The van der Waals surface area contributed by atoms with Gasteiger partial charge in [-0.1, -0.05) is 12.1 Å². The molecular weight excluding hydrogens is 397 g/mol. The molecule has 1 aromatic heterocycles. The molecule has 0 fully saturated rings. The Labute approximate surface area is 180 Å². The van der Waals surface area contributed by atoms with Gasteiger partial charge in [0.1, 0.15) is 42.9 Å². The number of rotatable bonds is 8. The molecule has 2 heterocycles. The van der Waals surface area contributed by atoms with E-state index in [0.717, 1.165) is 27.6 Å². The van der Waals surface area contributed by atoms with Gasteiger partial charge < -0.3 is 19.1 Å². The van der Waals surface area contributed by atoms with Crippen LogP contribution < -0.4 is 24.9 Å². The van der Waals surface area contributed by atoms with E-state index in [0.29, 0.717) is 25.6 Å². The van der Waals surface area contributed by atoms with Gasteiger partial charge in [0.05, 0.1) is 17.2 Å². The summed E-state index contributed by atoms with van der Waals surface area (Å²) in [5.74, 6) is 1.02. The van der Waals surface area contributed by atoms with Gasteiger partial charge in [-0.25, -0.2) is 4.39 Å². The fourth-order valence-corrected chi connectivity index (χ4v) is 3.32. The molecule has 0 aliphatic carbocycles. The van der Waals surface area contributed by atoms with Crippen LogP contribution in [-0.4, -0.2) is 32.0 Å². The Morgan fingerprint density at radius 2 is 1.97 bits per heavy atom. The molecule has 31 heavy (non-hydrogen) atoms. The van der Waals surface area contributed by atoms with E-state index < -0.39 is 0 Å². The van der Waals surface area contributed by atoms with Gasteiger partial charge in [0, 0.05) is 31.3 Å². The third-order valence-electron chi connectivity index (χ3n) is 4.97. The Morgan fingerprint density at radius 3 is 2.81 bits per heavy atom. The second-order valence-electron chi connectivity index (χ2n) is 7.10. The number of fused-ring (bicyclic) bond motifs is 1. The molecule has 0 saturated heterocycles. The first kappa shape index (κ1) is 20.8. The van der Waals surface area contributed by atoms with Crippen molar-refractivity contribution in [3.8, 4) is 11.5 Å². The van der Waals surface area contributed by atoms with Crippen molar-refractivity contribution in [2.75, 3.05) is 31.9 Å². The second-order valence-corrected chi connectivity index (χ2v) is 7.10. The van der Waals surface area contributed by atoms with Gasteiger partial charge >= 0.3 is 0 Å². The van der Waals surface area contributed by atoms with Crippen molar-refractivity contribution in [1.82, 2.24) is 4.98 Å². The van der Waals surface area contributed by atoms with Crippen LogP contribution in [0.3, 0.4) is 0 Å². The smallest absolute Gasteiger partial charge is 0.148 e. The summed E-state index contributed by atoms with van der Waals surface area (Å²) in [7, 11) is 1.65. The topological polar surface area (TPSA) is 56.2 Å². The van der Waals surface area contributed by atoms with Gasteiger partial charge in [-0.3, -0.25) is 9.98 Å². The third-order valence-corrected chi connectivity index (χ3v) is 4.97. The molecule has 6 nitrogen and oxygen atoms in total. The molecule has 0 radical (unpaired) electrons. The van der Waals surface area contributed by atoms with Crippen molar-refractivity contribution in [3.63, 3.8) is 0 Å². The molecule has 0 bridgehead atoms. The summed E-state index contributed by atoms with van der Waals surface area (Å²) in [5, 5.41) is 1.81. The number of ether oxygens (including phenoxy) is 3. The molecule has 0 unspecified atom stereocenters. The van der Waals surface area contributed by atoms with Gasteiger partial charge in [0.25, 0.3) is 0 Å². The Balaban J connectivity index is 1.59. The number of methoxy groups -OCH3 is 1. The van der Waals surface area contributed by atoms with Gasteiger partial charge in [0.2, 0.25) is 0 Å². The number of halogens is 1. The Kier molecular flexibility index (Phi) is 6.43. The molecule has 1 aliphatic rings. The average Bonchev–Trinajstić information content (AvgIpc) is 2.79. The van der Waals surface area contributed by atoms with Crippen LogP contribution in [0.25, 0.3) is 6.20 Å². The van der Waals surface area contributed by atoms with Crippen LogP contribution >= 0.6 is 0 Å². The largest absolute Gasteiger partial charge is 0.490 e. The van der Waals surface area contributed by atoms with Crippen LogP contribution in [0.15, 0.2) is 59.7 Å². The third kappa shape index (κ3) is 4.83. The van der Waals surface area contributed by atoms with Crippen LogP contribution in [0.1, 0.15) is 11.3 Å². The molecule has 4 rings (SSSR count). The lowest BCUT2D eigenvalue weighted by atomic mass is 10.1. The zero-order valence-electron chi connectivity index (χ0n) is 17.5. The highest BCUT2D eigenvalue weighted by molar-refractivity contribution is 5.65. The van der Waals surface area contributed by atoms with E-state index in [1.165, 1.54) is 6.07 Å². The zero-order valence-corrected chi connectivity index (χ0v) is 17.5. The van der Waals surface area contributed by atoms with Crippen molar-refractivity contribution < 1.29 is 18.6 Å². The number of pyridine rings is 1. The van der Waals surface area contributed by atoms with Crippen LogP contribution in [0.2, 0.25) is 0 Å². The molecular formula is C24H24FN3O3. The minimum Gasteiger partial charge on any atom is -0.490 e. The zero-order chi connectivity index (χ0) is 21.6. The maximum atomic E-state index is 13.8. The molecule has 0 amide bonds. The van der Waals surface area contributed by atoms with E-state index in [-0.39, 0.29) is 18.1 Å². The predicted octanol–water partition coefficient (Wildman–Crippen LogP) is 2.97. The number of hydrogen-bond donors (Lipinski definition) is 0. The summed E-state index contributed by atoms with van der Waals surface area (Å²) >= 11 is 0. The van der Waals surface area contributed by atoms with Gasteiger partial charge in [-0.05, 0) is 42.8 Å². The maximum Gasteiger partial charge on any atom is 0.148 e. The lowest BCUT2D eigenvalue weighted by Gasteiger charge is -2.24. The van der Waals surface area contributed by atoms with Crippen molar-refractivity contribution >= 4 is 11.9 Å². The van der Waals surface area contributed by atoms with Crippen molar-refractivity contribution in [1.29, 1.82) is 0 Å². The normalized spacial score (nSPS) is 12.5. The number of nitrogens with zero attached hydrogens (tertiary/aromatic N) is 3. The quantitative estimate of drug-likeness (QED) is 0.524. The summed E-state index contributed by atoms with van der Waals surface area (Å²) in [6.45, 7) is 3.55. The molecule has 2 aromatic carbocycles. The highest BCUT2D eigenvalue weighted by Crippen LogP contribution is 2.27. The molecule has 1 aliphatic heterocycles. The van der Waals surface area contributed by atoms with Gasteiger partial charge in [0.15, 0.2) is 0 Å². The number of benzene rings is 2. The molecule has 0 N–H and O–H groups in total. The summed E-state index contributed by atoms with van der Waals surface area (Å²) in [4.78, 5) is 10.8. The van der Waals surface area contributed by atoms with E-state index in [4.69, 9.17) is 19.2 Å². The number of anilines is 1. The van der Waals surface area contributed by atoms with E-state index in [1.807, 2.05) is 49.5 Å². The predicted molar refractivity (Wildman–Crippen MR) is 116 cm³/mol. The first-order chi connectivity index (χ1) is 15.2. The summed E-state index contributed by atoms with van der Waals surface area (Å²) in [6.07, 6.45) is 3.59. The van der Waals surface area contributed by atoms with E-state index in [9.17, 15) is 4.39 Å². The SMILES string of the molecule is COCCOc1cccc2c1=CN(c1cc(OCc3ncccc3F)ccc1C)CN=2. The lowest BCUT2D eigenvalue weighted by molar-refractivity contribution is 0.145. The van der Waals surface area contributed by atoms with Crippen LogP contribution in [0.4, 0.5) is 10.1 Å². The van der Waals surface area contributed by atoms with Crippen LogP contribution in [0.5, 0.6) is 11.5 Å². The monoisotopic (exact) mass is 421 g/mol. The Hall–Kier alpha value is -3.45. The summed E-state index contributed by atoms with van der Waals surface area (Å²) in [5.41, 5.74) is 2.31. The fraction of sp³-hybridized carbons (Fsp3) is 0.250. The van der Waals surface area contributed by atoms with Crippen molar-refractivity contribution in [2.24, 2.45) is 4.99 Å². The van der Waals surface area contributed by atoms with Crippen LogP contribution in [-0.2, 0) is 11.3 Å². The number of hydrogen-bond acceptors (Lipinski definition) is 6. The lowest BCUT2D eigenvalue weighted by Crippen LogP contribution is -2.37. The molecule has 0 spiro atoms. The first-order valence-electron chi connectivity index (χ1n) is 10.0. The van der Waals surface area contributed by atoms with E-state index in [1.54, 1.807) is 19.4 Å². The maximum absolute atomic E-state index is 13.8. The highest BCUT2D eigenvalue weighted by atomic mass is 19.1. The minimum atomic E-state index is -0.379. The Morgan fingerprint density at radius 1 is 1.06 bits per heavy atom. The first-order valence-corrected chi connectivity index (χ1v) is 10.0. The standard InChI is InChI=1S/C24H24FN3O3/c1-17-8-9-18(31-15-22-20(25)5-4-10-26-22)13-23(17)28-14-19-21(27-16-28)6-3-7-24(19)30-12-11-29-2/h3-10,13-14H,11-12,15-16H2,1-2H3. The molecule has 0 saturated carbocycles. The van der Waals surface area contributed by atoms with E-state index >= 15 is 0 Å². The Bertz CT molecular complexity index is 1180. The minimum absolute atomic E-state index is 0.0591. The van der Waals surface area contributed by atoms with Crippen LogP contribution in [0, 0.1) is 12.7 Å². The van der Waals surface area contributed by atoms with Gasteiger partial charge in [-0.15, -0.1) is 0 Å². The van der Waals surface area contributed by atoms with E-state index in [2.05, 4.69) is 9.88 Å². The molecule has 160 valence electrons. The van der Waals surface area contributed by atoms with Gasteiger partial charge in [-0.2, -0.15) is 0 Å². The summed E-state index contributed by atoms with van der Waals surface area (Å²) < 4.78 is 30.6. The fourth-order valence-electron chi connectivity index (χ4n) is 3.32. The second kappa shape index (κ2) is 9.57. The summed E-state index contributed by atoms with van der Waals surface area (Å²) in [6, 6.07) is 14.5. The molecule has 0 atom stereocenters. The molecule has 3 aromatic rings. The molecule has 7 heteroatoms. The van der Waals surface area contributed by atoms with Crippen molar-refractivity contribution in [3.05, 3.63) is 82.4 Å². The number of aryl methyl sites for hydroxylation is 1. The van der Waals surface area contributed by atoms with Crippen molar-refractivity contribution in [2.45, 2.75) is 13.5 Å². The highest BCUT2D eigenvalue weighted by Gasteiger charge is 2.13. The number of aromatic nitrogens is 1.